The van der Waals surface area contributed by atoms with E-state index in [0.717, 1.165) is 23.4 Å². The van der Waals surface area contributed by atoms with Gasteiger partial charge in [-0.1, -0.05) is 19.1 Å². The number of anilines is 2. The van der Waals surface area contributed by atoms with Crippen molar-refractivity contribution < 1.29 is 5.11 Å². The number of nitrogens with zero attached hydrogens (tertiary/aromatic N) is 3. The van der Waals surface area contributed by atoms with Gasteiger partial charge in [-0.3, -0.25) is 0 Å². The predicted octanol–water partition coefficient (Wildman–Crippen LogP) is 2.61. The number of aromatic nitrogens is 2. The van der Waals surface area contributed by atoms with Crippen molar-refractivity contribution in [3.05, 3.63) is 47.3 Å². The molecule has 100 valence electrons. The number of hydrogen-bond donors (Lipinski definition) is 1. The highest BCUT2D eigenvalue weighted by molar-refractivity contribution is 5.56. The van der Waals surface area contributed by atoms with E-state index in [1.807, 2.05) is 18.9 Å². The van der Waals surface area contributed by atoms with Crippen LogP contribution in [0, 0.1) is 6.92 Å². The summed E-state index contributed by atoms with van der Waals surface area (Å²) in [4.78, 5) is 10.6. The van der Waals surface area contributed by atoms with Gasteiger partial charge < -0.3 is 10.0 Å². The summed E-state index contributed by atoms with van der Waals surface area (Å²) in [5, 5.41) is 9.13. The van der Waals surface area contributed by atoms with Crippen LogP contribution < -0.4 is 4.90 Å². The van der Waals surface area contributed by atoms with Gasteiger partial charge in [-0.2, -0.15) is 0 Å². The van der Waals surface area contributed by atoms with Gasteiger partial charge in [-0.05, 0) is 31.0 Å². The van der Waals surface area contributed by atoms with Crippen LogP contribution in [0.3, 0.4) is 0 Å². The minimum atomic E-state index is -0.0268. The molecule has 0 bridgehead atoms. The zero-order chi connectivity index (χ0) is 13.8. The summed E-state index contributed by atoms with van der Waals surface area (Å²) >= 11 is 0. The second-order valence-electron chi connectivity index (χ2n) is 4.52. The molecule has 0 radical (unpaired) electrons. The van der Waals surface area contributed by atoms with Crippen LogP contribution in [0.2, 0.25) is 0 Å². The van der Waals surface area contributed by atoms with E-state index < -0.39 is 0 Å². The SMILES string of the molecule is CCc1ccc(N(C)c2ncc(CO)c(C)n2)cc1. The van der Waals surface area contributed by atoms with Crippen molar-refractivity contribution in [2.24, 2.45) is 0 Å². The number of aliphatic hydroxyl groups is 1. The summed E-state index contributed by atoms with van der Waals surface area (Å²) < 4.78 is 0. The highest BCUT2D eigenvalue weighted by Crippen LogP contribution is 2.21. The number of aryl methyl sites for hydroxylation is 2. The number of rotatable bonds is 4. The second kappa shape index (κ2) is 5.80. The Labute approximate surface area is 113 Å². The average molecular weight is 257 g/mol. The number of hydrogen-bond acceptors (Lipinski definition) is 4. The molecule has 4 heteroatoms. The number of benzene rings is 1. The molecular formula is C15H19N3O. The Morgan fingerprint density at radius 1 is 1.21 bits per heavy atom. The maximum absolute atomic E-state index is 9.13. The molecule has 0 aliphatic heterocycles. The fourth-order valence-corrected chi connectivity index (χ4v) is 1.87. The third kappa shape index (κ3) is 2.90. The lowest BCUT2D eigenvalue weighted by Gasteiger charge is -2.18. The molecule has 19 heavy (non-hydrogen) atoms. The monoisotopic (exact) mass is 257 g/mol. The van der Waals surface area contributed by atoms with E-state index in [-0.39, 0.29) is 6.61 Å². The predicted molar refractivity (Wildman–Crippen MR) is 76.6 cm³/mol. The van der Waals surface area contributed by atoms with Gasteiger partial charge in [0.05, 0.1) is 6.61 Å². The number of aliphatic hydroxyl groups excluding tert-OH is 1. The van der Waals surface area contributed by atoms with Crippen molar-refractivity contribution in [3.63, 3.8) is 0 Å². The Bertz CT molecular complexity index is 552. The third-order valence-corrected chi connectivity index (χ3v) is 3.27. The lowest BCUT2D eigenvalue weighted by molar-refractivity contribution is 0.280. The summed E-state index contributed by atoms with van der Waals surface area (Å²) in [5.74, 6) is 0.638. The van der Waals surface area contributed by atoms with Crippen LogP contribution in [-0.2, 0) is 13.0 Å². The van der Waals surface area contributed by atoms with Crippen LogP contribution in [-0.4, -0.2) is 22.1 Å². The fraction of sp³-hybridized carbons (Fsp3) is 0.333. The molecule has 0 aliphatic carbocycles. The Morgan fingerprint density at radius 3 is 2.42 bits per heavy atom. The van der Waals surface area contributed by atoms with Gasteiger partial charge in [0.2, 0.25) is 5.95 Å². The molecule has 1 aromatic carbocycles. The Hall–Kier alpha value is -1.94. The molecule has 1 heterocycles. The van der Waals surface area contributed by atoms with Gasteiger partial charge in [0.1, 0.15) is 0 Å². The van der Waals surface area contributed by atoms with Crippen LogP contribution >= 0.6 is 0 Å². The first kappa shape index (κ1) is 13.5. The van der Waals surface area contributed by atoms with Crippen LogP contribution in [0.15, 0.2) is 30.5 Å². The largest absolute Gasteiger partial charge is 0.392 e. The van der Waals surface area contributed by atoms with Crippen molar-refractivity contribution in [2.75, 3.05) is 11.9 Å². The summed E-state index contributed by atoms with van der Waals surface area (Å²) in [6.45, 7) is 3.99. The van der Waals surface area contributed by atoms with E-state index in [2.05, 4.69) is 41.2 Å². The molecule has 0 amide bonds. The first-order valence-corrected chi connectivity index (χ1v) is 6.41. The molecular weight excluding hydrogens is 238 g/mol. The molecule has 0 aliphatic rings. The summed E-state index contributed by atoms with van der Waals surface area (Å²) in [5.41, 5.74) is 3.93. The van der Waals surface area contributed by atoms with Crippen LogP contribution in [0.25, 0.3) is 0 Å². The summed E-state index contributed by atoms with van der Waals surface area (Å²) in [7, 11) is 1.94. The third-order valence-electron chi connectivity index (χ3n) is 3.27. The van der Waals surface area contributed by atoms with Crippen LogP contribution in [0.1, 0.15) is 23.7 Å². The molecule has 4 nitrogen and oxygen atoms in total. The zero-order valence-electron chi connectivity index (χ0n) is 11.6. The molecule has 1 N–H and O–H groups in total. The molecule has 0 atom stereocenters. The smallest absolute Gasteiger partial charge is 0.229 e. The fourth-order valence-electron chi connectivity index (χ4n) is 1.87. The van der Waals surface area contributed by atoms with Crippen molar-refractivity contribution in [1.82, 2.24) is 9.97 Å². The minimum absolute atomic E-state index is 0.0268. The van der Waals surface area contributed by atoms with Crippen molar-refractivity contribution in [1.29, 1.82) is 0 Å². The lowest BCUT2D eigenvalue weighted by atomic mass is 10.1. The lowest BCUT2D eigenvalue weighted by Crippen LogP contribution is -2.14. The molecule has 2 rings (SSSR count). The van der Waals surface area contributed by atoms with Gasteiger partial charge in [0.25, 0.3) is 0 Å². The molecule has 2 aromatic rings. The van der Waals surface area contributed by atoms with Gasteiger partial charge >= 0.3 is 0 Å². The van der Waals surface area contributed by atoms with Crippen molar-refractivity contribution in [3.8, 4) is 0 Å². The average Bonchev–Trinajstić information content (AvgIpc) is 2.46. The maximum atomic E-state index is 9.13. The zero-order valence-corrected chi connectivity index (χ0v) is 11.6. The molecule has 0 unspecified atom stereocenters. The van der Waals surface area contributed by atoms with Gasteiger partial charge in [-0.25, -0.2) is 9.97 Å². The van der Waals surface area contributed by atoms with Crippen molar-refractivity contribution in [2.45, 2.75) is 26.9 Å². The van der Waals surface area contributed by atoms with E-state index in [1.165, 1.54) is 5.56 Å². The van der Waals surface area contributed by atoms with E-state index in [0.29, 0.717) is 5.95 Å². The molecule has 0 spiro atoms. The van der Waals surface area contributed by atoms with Crippen LogP contribution in [0.5, 0.6) is 0 Å². The second-order valence-corrected chi connectivity index (χ2v) is 4.52. The van der Waals surface area contributed by atoms with Gasteiger partial charge in [0, 0.05) is 30.2 Å². The molecule has 0 saturated carbocycles. The summed E-state index contributed by atoms with van der Waals surface area (Å²) in [6.07, 6.45) is 2.71. The molecule has 0 saturated heterocycles. The summed E-state index contributed by atoms with van der Waals surface area (Å²) in [6, 6.07) is 8.36. The maximum Gasteiger partial charge on any atom is 0.229 e. The van der Waals surface area contributed by atoms with Gasteiger partial charge in [0.15, 0.2) is 0 Å². The van der Waals surface area contributed by atoms with Crippen molar-refractivity contribution >= 4 is 11.6 Å². The van der Waals surface area contributed by atoms with Crippen LogP contribution in [0.4, 0.5) is 11.6 Å². The Balaban J connectivity index is 2.27. The topological polar surface area (TPSA) is 49.2 Å². The first-order chi connectivity index (χ1) is 9.15. The normalized spacial score (nSPS) is 10.5. The van der Waals surface area contributed by atoms with Gasteiger partial charge in [-0.15, -0.1) is 0 Å². The Morgan fingerprint density at radius 2 is 1.89 bits per heavy atom. The molecule has 0 fully saturated rings. The van der Waals surface area contributed by atoms with E-state index in [1.54, 1.807) is 6.20 Å². The molecule has 1 aromatic heterocycles. The van der Waals surface area contributed by atoms with E-state index >= 15 is 0 Å². The quantitative estimate of drug-likeness (QED) is 0.914. The Kier molecular flexibility index (Phi) is 4.12. The van der Waals surface area contributed by atoms with E-state index in [9.17, 15) is 0 Å². The van der Waals surface area contributed by atoms with E-state index in [4.69, 9.17) is 5.11 Å². The standard InChI is InChI=1S/C15H19N3O/c1-4-12-5-7-14(8-6-12)18(3)15-16-9-13(10-19)11(2)17-15/h5-9,19H,4,10H2,1-3H3. The minimum Gasteiger partial charge on any atom is -0.392 e. The highest BCUT2D eigenvalue weighted by atomic mass is 16.3. The highest BCUT2D eigenvalue weighted by Gasteiger charge is 2.09. The first-order valence-electron chi connectivity index (χ1n) is 6.41.